The molecule has 0 saturated heterocycles. The Labute approximate surface area is 184 Å². The van der Waals surface area contributed by atoms with Gasteiger partial charge in [0.15, 0.2) is 0 Å². The summed E-state index contributed by atoms with van der Waals surface area (Å²) in [6.07, 6.45) is 4.75. The number of allylic oxidation sites excluding steroid dienone is 1. The zero-order valence-electron chi connectivity index (χ0n) is 16.2. The Kier molecular flexibility index (Phi) is 6.80. The Morgan fingerprint density at radius 2 is 2.00 bits per heavy atom. The number of hydrogen-bond acceptors (Lipinski definition) is 6. The van der Waals surface area contributed by atoms with E-state index in [-0.39, 0.29) is 21.5 Å². The molecular weight excluding hydrogens is 449 g/mol. The van der Waals surface area contributed by atoms with Gasteiger partial charge in [0.25, 0.3) is 15.9 Å². The second kappa shape index (κ2) is 9.16. The van der Waals surface area contributed by atoms with E-state index in [2.05, 4.69) is 9.98 Å². The van der Waals surface area contributed by atoms with E-state index >= 15 is 0 Å². The van der Waals surface area contributed by atoms with Crippen molar-refractivity contribution >= 4 is 44.8 Å². The number of halogens is 2. The van der Waals surface area contributed by atoms with E-state index in [4.69, 9.17) is 27.9 Å². The van der Waals surface area contributed by atoms with E-state index in [9.17, 15) is 13.2 Å². The lowest BCUT2D eigenvalue weighted by Gasteiger charge is -2.10. The molecule has 7 nitrogen and oxygen atoms in total. The lowest BCUT2D eigenvalue weighted by molar-refractivity contribution is -0.115. The lowest BCUT2D eigenvalue weighted by Crippen LogP contribution is -2.31. The van der Waals surface area contributed by atoms with Crippen molar-refractivity contribution in [2.45, 2.75) is 24.7 Å². The third kappa shape index (κ3) is 4.66. The number of carbonyl (C=O) groups is 1. The number of benzene rings is 1. The van der Waals surface area contributed by atoms with E-state index in [1.54, 1.807) is 24.4 Å². The maximum Gasteiger partial charge on any atom is 0.283 e. The van der Waals surface area contributed by atoms with Gasteiger partial charge in [-0.25, -0.2) is 18.1 Å². The number of pyridine rings is 1. The minimum absolute atomic E-state index is 0.0206. The van der Waals surface area contributed by atoms with Crippen LogP contribution in [0.3, 0.4) is 0 Å². The highest BCUT2D eigenvalue weighted by atomic mass is 35.5. The summed E-state index contributed by atoms with van der Waals surface area (Å²) in [6, 6.07) is 7.52. The highest BCUT2D eigenvalue weighted by molar-refractivity contribution is 7.90. The lowest BCUT2D eigenvalue weighted by atomic mass is 9.96. The maximum absolute atomic E-state index is 12.7. The van der Waals surface area contributed by atoms with Crippen LogP contribution in [0.15, 0.2) is 58.2 Å². The summed E-state index contributed by atoms with van der Waals surface area (Å²) in [6.45, 7) is 2.00. The fourth-order valence-corrected chi connectivity index (χ4v) is 4.72. The summed E-state index contributed by atoms with van der Waals surface area (Å²) >= 11 is 12.3. The summed E-state index contributed by atoms with van der Waals surface area (Å²) < 4.78 is 32.5. The van der Waals surface area contributed by atoms with Crippen LogP contribution in [-0.4, -0.2) is 32.1 Å². The van der Waals surface area contributed by atoms with Crippen molar-refractivity contribution in [1.29, 1.82) is 0 Å². The average Bonchev–Trinajstić information content (AvgIpc) is 3.12. The Morgan fingerprint density at radius 3 is 2.67 bits per heavy atom. The molecule has 0 bridgehead atoms. The van der Waals surface area contributed by atoms with Crippen LogP contribution in [0.5, 0.6) is 5.75 Å². The van der Waals surface area contributed by atoms with Gasteiger partial charge in [0.1, 0.15) is 22.0 Å². The number of rotatable bonds is 7. The number of hydrogen-bond donors (Lipinski definition) is 1. The minimum Gasteiger partial charge on any atom is -0.497 e. The molecule has 0 saturated carbocycles. The minimum atomic E-state index is -4.24. The molecular formula is C20H19Cl2N3O4S. The van der Waals surface area contributed by atoms with Crippen molar-refractivity contribution in [2.24, 2.45) is 10.9 Å². The first-order valence-corrected chi connectivity index (χ1v) is 11.3. The Balaban J connectivity index is 1.91. The molecule has 2 aromatic rings. The first kappa shape index (κ1) is 22.3. The van der Waals surface area contributed by atoms with Crippen molar-refractivity contribution in [3.63, 3.8) is 0 Å². The molecule has 30 heavy (non-hydrogen) atoms. The normalized spacial score (nSPS) is 16.1. The van der Waals surface area contributed by atoms with Gasteiger partial charge >= 0.3 is 0 Å². The molecule has 0 spiro atoms. The SMILES string of the molecule is CCCC1C=C(C(=O)NS(=O)(=O)c2cc(OC)ccc2Cl)N=C1c1ncccc1Cl. The van der Waals surface area contributed by atoms with E-state index in [0.29, 0.717) is 28.6 Å². The first-order valence-electron chi connectivity index (χ1n) is 9.08. The van der Waals surface area contributed by atoms with E-state index < -0.39 is 15.9 Å². The maximum atomic E-state index is 12.7. The smallest absolute Gasteiger partial charge is 0.283 e. The summed E-state index contributed by atoms with van der Waals surface area (Å²) in [5.74, 6) is -0.774. The number of sulfonamides is 1. The zero-order chi connectivity index (χ0) is 21.9. The standard InChI is InChI=1S/C20H19Cl2N3O4S/c1-3-5-12-10-16(24-18(12)19-15(22)6-4-9-23-19)20(26)25-30(27,28)17-11-13(29-2)7-8-14(17)21/h4,6-12H,3,5H2,1-2H3,(H,25,26). The number of aromatic nitrogens is 1. The number of ether oxygens (including phenoxy) is 1. The van der Waals surface area contributed by atoms with Crippen LogP contribution in [0.2, 0.25) is 10.0 Å². The molecule has 0 fully saturated rings. The fraction of sp³-hybridized carbons (Fsp3) is 0.250. The quantitative estimate of drug-likeness (QED) is 0.663. The molecule has 1 atom stereocenters. The Bertz CT molecular complexity index is 1150. The summed E-state index contributed by atoms with van der Waals surface area (Å²) in [5, 5.41) is 0.369. The van der Waals surface area contributed by atoms with Crippen molar-refractivity contribution in [3.05, 3.63) is 64.0 Å². The van der Waals surface area contributed by atoms with Crippen LogP contribution < -0.4 is 9.46 Å². The zero-order valence-corrected chi connectivity index (χ0v) is 18.6. The third-order valence-corrected chi connectivity index (χ3v) is 6.56. The summed E-state index contributed by atoms with van der Waals surface area (Å²) in [4.78, 5) is 21.1. The van der Waals surface area contributed by atoms with Gasteiger partial charge in [-0.1, -0.05) is 36.5 Å². The Morgan fingerprint density at radius 1 is 1.23 bits per heavy atom. The van der Waals surface area contributed by atoms with Gasteiger partial charge in [0, 0.05) is 18.2 Å². The van der Waals surface area contributed by atoms with E-state index in [1.807, 2.05) is 11.6 Å². The van der Waals surface area contributed by atoms with Gasteiger partial charge in [-0.05, 0) is 36.8 Å². The van der Waals surface area contributed by atoms with Crippen molar-refractivity contribution < 1.29 is 17.9 Å². The van der Waals surface area contributed by atoms with Gasteiger partial charge in [-0.15, -0.1) is 0 Å². The largest absolute Gasteiger partial charge is 0.497 e. The van der Waals surface area contributed by atoms with Gasteiger partial charge in [0.05, 0.1) is 22.9 Å². The number of carbonyl (C=O) groups excluding carboxylic acids is 1. The molecule has 1 aromatic heterocycles. The molecule has 10 heteroatoms. The third-order valence-electron chi connectivity index (χ3n) is 4.44. The van der Waals surface area contributed by atoms with Crippen molar-refractivity contribution in [1.82, 2.24) is 9.71 Å². The topological polar surface area (TPSA) is 97.7 Å². The fourth-order valence-electron chi connectivity index (χ4n) is 3.03. The van der Waals surface area contributed by atoms with E-state index in [0.717, 1.165) is 6.42 Å². The molecule has 3 rings (SSSR count). The van der Waals surface area contributed by atoms with Crippen LogP contribution in [-0.2, 0) is 14.8 Å². The summed E-state index contributed by atoms with van der Waals surface area (Å²) in [5.41, 5.74) is 0.979. The van der Waals surface area contributed by atoms with Gasteiger partial charge in [-0.3, -0.25) is 9.78 Å². The van der Waals surface area contributed by atoms with Gasteiger partial charge in [-0.2, -0.15) is 0 Å². The molecule has 2 heterocycles. The predicted molar refractivity (Wildman–Crippen MR) is 116 cm³/mol. The molecule has 1 N–H and O–H groups in total. The average molecular weight is 468 g/mol. The highest BCUT2D eigenvalue weighted by Crippen LogP contribution is 2.29. The molecule has 1 aliphatic heterocycles. The van der Waals surface area contributed by atoms with Crippen LogP contribution in [0, 0.1) is 5.92 Å². The molecule has 158 valence electrons. The van der Waals surface area contributed by atoms with Crippen molar-refractivity contribution in [3.8, 4) is 5.75 Å². The Hall–Kier alpha value is -2.42. The van der Waals surface area contributed by atoms with Crippen LogP contribution in [0.25, 0.3) is 0 Å². The number of nitrogens with zero attached hydrogens (tertiary/aromatic N) is 2. The predicted octanol–water partition coefficient (Wildman–Crippen LogP) is 4.01. The second-order valence-electron chi connectivity index (χ2n) is 6.51. The molecule has 0 aliphatic carbocycles. The van der Waals surface area contributed by atoms with Crippen molar-refractivity contribution in [2.75, 3.05) is 7.11 Å². The number of methoxy groups -OCH3 is 1. The monoisotopic (exact) mass is 467 g/mol. The number of nitrogens with one attached hydrogen (secondary N) is 1. The molecule has 0 radical (unpaired) electrons. The molecule has 1 aromatic carbocycles. The summed E-state index contributed by atoms with van der Waals surface area (Å²) in [7, 11) is -2.85. The molecule has 1 amide bonds. The van der Waals surface area contributed by atoms with Crippen LogP contribution in [0.4, 0.5) is 0 Å². The van der Waals surface area contributed by atoms with Gasteiger partial charge in [0.2, 0.25) is 0 Å². The van der Waals surface area contributed by atoms with Gasteiger partial charge < -0.3 is 4.74 Å². The number of amides is 1. The first-order chi connectivity index (χ1) is 14.3. The van der Waals surface area contributed by atoms with Crippen LogP contribution >= 0.6 is 23.2 Å². The van der Waals surface area contributed by atoms with Crippen LogP contribution in [0.1, 0.15) is 25.5 Å². The number of aliphatic imine (C=N–C) groups is 1. The molecule has 1 unspecified atom stereocenters. The second-order valence-corrected chi connectivity index (χ2v) is 8.97. The molecule has 1 aliphatic rings. The van der Waals surface area contributed by atoms with E-state index in [1.165, 1.54) is 25.3 Å². The highest BCUT2D eigenvalue weighted by Gasteiger charge is 2.30.